The minimum atomic E-state index is -0.379. The molecule has 0 atom stereocenters. The topological polar surface area (TPSA) is 68.3 Å². The van der Waals surface area contributed by atoms with Crippen LogP contribution in [-0.2, 0) is 9.53 Å². The van der Waals surface area contributed by atoms with Crippen molar-refractivity contribution in [3.05, 3.63) is 10.6 Å². The first-order chi connectivity index (χ1) is 11.6. The highest BCUT2D eigenvalue weighted by molar-refractivity contribution is 7.17. The lowest BCUT2D eigenvalue weighted by molar-refractivity contribution is -0.116. The van der Waals surface area contributed by atoms with E-state index in [4.69, 9.17) is 4.74 Å². The Morgan fingerprint density at radius 1 is 1.04 bits per heavy atom. The lowest BCUT2D eigenvalue weighted by Gasteiger charge is -2.02. The van der Waals surface area contributed by atoms with Gasteiger partial charge in [-0.2, -0.15) is 0 Å². The molecule has 0 fully saturated rings. The Hall–Kier alpha value is -1.43. The van der Waals surface area contributed by atoms with Gasteiger partial charge < -0.3 is 10.1 Å². The maximum absolute atomic E-state index is 11.9. The first-order valence-corrected chi connectivity index (χ1v) is 9.84. The second-order valence-corrected chi connectivity index (χ2v) is 6.93. The molecule has 0 radical (unpaired) electrons. The van der Waals surface area contributed by atoms with E-state index in [-0.39, 0.29) is 11.9 Å². The van der Waals surface area contributed by atoms with Crippen LogP contribution in [0.5, 0.6) is 0 Å². The Bertz CT molecular complexity index is 514. The van der Waals surface area contributed by atoms with Crippen molar-refractivity contribution in [3.63, 3.8) is 0 Å². The third-order valence-corrected chi connectivity index (χ3v) is 4.81. The molecule has 0 aliphatic carbocycles. The summed E-state index contributed by atoms with van der Waals surface area (Å²) >= 11 is 1.17. The van der Waals surface area contributed by atoms with E-state index in [0.717, 1.165) is 12.8 Å². The van der Waals surface area contributed by atoms with Crippen LogP contribution in [0.25, 0.3) is 0 Å². The first kappa shape index (κ1) is 20.6. The molecule has 1 amide bonds. The minimum Gasteiger partial charge on any atom is -0.462 e. The van der Waals surface area contributed by atoms with Gasteiger partial charge in [0, 0.05) is 6.42 Å². The lowest BCUT2D eigenvalue weighted by Crippen LogP contribution is -2.10. The molecule has 0 spiro atoms. The van der Waals surface area contributed by atoms with Gasteiger partial charge in [-0.05, 0) is 20.3 Å². The van der Waals surface area contributed by atoms with E-state index in [2.05, 4.69) is 17.2 Å². The van der Waals surface area contributed by atoms with Gasteiger partial charge >= 0.3 is 5.97 Å². The van der Waals surface area contributed by atoms with Gasteiger partial charge in [0.1, 0.15) is 4.88 Å². The molecule has 1 aromatic rings. The summed E-state index contributed by atoms with van der Waals surface area (Å²) in [5.74, 6) is -0.416. The van der Waals surface area contributed by atoms with Gasteiger partial charge in [0.25, 0.3) is 0 Å². The maximum atomic E-state index is 11.9. The van der Waals surface area contributed by atoms with Crippen LogP contribution >= 0.6 is 11.3 Å². The maximum Gasteiger partial charge on any atom is 0.350 e. The largest absolute Gasteiger partial charge is 0.462 e. The third-order valence-electron chi connectivity index (χ3n) is 3.76. The Morgan fingerprint density at radius 3 is 2.29 bits per heavy atom. The molecule has 1 aromatic heterocycles. The SMILES string of the molecule is CCCCCCCCCCC(=O)Nc1nc(C)c(C(=O)OCC)s1. The van der Waals surface area contributed by atoms with Crippen LogP contribution in [0.3, 0.4) is 0 Å². The molecule has 0 bridgehead atoms. The number of carbonyl (C=O) groups is 2. The van der Waals surface area contributed by atoms with E-state index in [0.29, 0.717) is 28.7 Å². The number of hydrogen-bond donors (Lipinski definition) is 1. The molecule has 24 heavy (non-hydrogen) atoms. The zero-order chi connectivity index (χ0) is 17.8. The fourth-order valence-electron chi connectivity index (χ4n) is 2.44. The molecule has 0 unspecified atom stereocenters. The number of thiazole rings is 1. The van der Waals surface area contributed by atoms with E-state index < -0.39 is 0 Å². The predicted molar refractivity (Wildman–Crippen MR) is 98.7 cm³/mol. The number of esters is 1. The van der Waals surface area contributed by atoms with Crippen molar-refractivity contribution < 1.29 is 14.3 Å². The van der Waals surface area contributed by atoms with Crippen molar-refractivity contribution in [3.8, 4) is 0 Å². The standard InChI is InChI=1S/C18H30N2O3S/c1-4-6-7-8-9-10-11-12-13-15(21)20-18-19-14(3)16(24-18)17(22)23-5-2/h4-13H2,1-3H3,(H,19,20,21). The molecule has 1 rings (SSSR count). The highest BCUT2D eigenvalue weighted by Crippen LogP contribution is 2.23. The smallest absolute Gasteiger partial charge is 0.350 e. The summed E-state index contributed by atoms with van der Waals surface area (Å²) < 4.78 is 4.97. The van der Waals surface area contributed by atoms with E-state index >= 15 is 0 Å². The quantitative estimate of drug-likeness (QED) is 0.419. The van der Waals surface area contributed by atoms with E-state index in [9.17, 15) is 9.59 Å². The van der Waals surface area contributed by atoms with E-state index in [1.165, 1.54) is 49.9 Å². The number of nitrogens with one attached hydrogen (secondary N) is 1. The summed E-state index contributed by atoms with van der Waals surface area (Å²) in [6.07, 6.45) is 10.2. The number of carbonyl (C=O) groups excluding carboxylic acids is 2. The van der Waals surface area contributed by atoms with Gasteiger partial charge in [0.15, 0.2) is 5.13 Å². The van der Waals surface area contributed by atoms with Crippen LogP contribution in [0.1, 0.15) is 87.0 Å². The van der Waals surface area contributed by atoms with Crippen molar-refractivity contribution in [2.75, 3.05) is 11.9 Å². The van der Waals surface area contributed by atoms with Gasteiger partial charge in [-0.15, -0.1) is 0 Å². The Morgan fingerprint density at radius 2 is 1.67 bits per heavy atom. The summed E-state index contributed by atoms with van der Waals surface area (Å²) in [5.41, 5.74) is 0.598. The van der Waals surface area contributed by atoms with E-state index in [1.54, 1.807) is 13.8 Å². The molecule has 1 N–H and O–H groups in total. The van der Waals surface area contributed by atoms with Crippen LogP contribution < -0.4 is 5.32 Å². The van der Waals surface area contributed by atoms with Crippen molar-refractivity contribution >= 4 is 28.3 Å². The highest BCUT2D eigenvalue weighted by atomic mass is 32.1. The molecule has 0 aromatic carbocycles. The molecule has 1 heterocycles. The van der Waals surface area contributed by atoms with Crippen LogP contribution in [0.2, 0.25) is 0 Å². The zero-order valence-corrected chi connectivity index (χ0v) is 16.0. The Balaban J connectivity index is 2.23. The monoisotopic (exact) mass is 354 g/mol. The van der Waals surface area contributed by atoms with Gasteiger partial charge in [0.05, 0.1) is 12.3 Å². The molecular formula is C18H30N2O3S. The fraction of sp³-hybridized carbons (Fsp3) is 0.722. The molecule has 0 aliphatic heterocycles. The Labute approximate surface area is 149 Å². The number of nitrogens with zero attached hydrogens (tertiary/aromatic N) is 1. The molecule has 0 aliphatic rings. The van der Waals surface area contributed by atoms with Gasteiger partial charge in [-0.3, -0.25) is 4.79 Å². The number of aryl methyl sites for hydroxylation is 1. The van der Waals surface area contributed by atoms with Crippen LogP contribution in [0, 0.1) is 6.92 Å². The summed E-state index contributed by atoms with van der Waals surface area (Å²) in [5, 5.41) is 3.25. The van der Waals surface area contributed by atoms with Crippen molar-refractivity contribution in [1.82, 2.24) is 4.98 Å². The number of amides is 1. The molecule has 5 nitrogen and oxygen atoms in total. The molecular weight excluding hydrogens is 324 g/mol. The van der Waals surface area contributed by atoms with Gasteiger partial charge in [-0.1, -0.05) is 63.2 Å². The summed E-state index contributed by atoms with van der Waals surface area (Å²) in [7, 11) is 0. The Kier molecular flexibility index (Phi) is 10.3. The lowest BCUT2D eigenvalue weighted by atomic mass is 10.1. The molecule has 136 valence electrons. The molecule has 0 saturated heterocycles. The van der Waals surface area contributed by atoms with Crippen LogP contribution in [0.15, 0.2) is 0 Å². The molecule has 6 heteroatoms. The third kappa shape index (κ3) is 7.90. The molecule has 0 saturated carbocycles. The van der Waals surface area contributed by atoms with Gasteiger partial charge in [0.2, 0.25) is 5.91 Å². The highest BCUT2D eigenvalue weighted by Gasteiger charge is 2.17. The van der Waals surface area contributed by atoms with Crippen LogP contribution in [-0.4, -0.2) is 23.5 Å². The number of hydrogen-bond acceptors (Lipinski definition) is 5. The van der Waals surface area contributed by atoms with Crippen molar-refractivity contribution in [2.45, 2.75) is 78.6 Å². The fourth-order valence-corrected chi connectivity index (χ4v) is 3.31. The second kappa shape index (κ2) is 12.0. The minimum absolute atomic E-state index is 0.0369. The van der Waals surface area contributed by atoms with E-state index in [1.807, 2.05) is 0 Å². The average Bonchev–Trinajstić information content (AvgIpc) is 2.90. The second-order valence-electron chi connectivity index (χ2n) is 5.93. The summed E-state index contributed by atoms with van der Waals surface area (Å²) in [6.45, 7) is 6.06. The number of aromatic nitrogens is 1. The summed E-state index contributed by atoms with van der Waals surface area (Å²) in [6, 6.07) is 0. The zero-order valence-electron chi connectivity index (χ0n) is 15.2. The van der Waals surface area contributed by atoms with Crippen molar-refractivity contribution in [2.24, 2.45) is 0 Å². The van der Waals surface area contributed by atoms with Crippen molar-refractivity contribution in [1.29, 1.82) is 0 Å². The normalized spacial score (nSPS) is 10.6. The predicted octanol–water partition coefficient (Wildman–Crippen LogP) is 5.10. The number of rotatable bonds is 12. The number of ether oxygens (including phenoxy) is 1. The van der Waals surface area contributed by atoms with Crippen LogP contribution in [0.4, 0.5) is 5.13 Å². The van der Waals surface area contributed by atoms with Gasteiger partial charge in [-0.25, -0.2) is 9.78 Å². The number of unbranched alkanes of at least 4 members (excludes halogenated alkanes) is 7. The average molecular weight is 355 g/mol. The number of anilines is 1. The first-order valence-electron chi connectivity index (χ1n) is 9.02. The summed E-state index contributed by atoms with van der Waals surface area (Å²) in [4.78, 5) is 28.4.